The molecule has 1 N–H and O–H groups in total. The molecule has 3 aromatic rings. The summed E-state index contributed by atoms with van der Waals surface area (Å²) in [5, 5.41) is 2.82. The zero-order valence-electron chi connectivity index (χ0n) is 15.0. The van der Waals surface area contributed by atoms with Crippen LogP contribution in [0.1, 0.15) is 16.1 Å². The molecule has 0 spiro atoms. The Balaban J connectivity index is 1.45. The molecule has 0 saturated heterocycles. The van der Waals surface area contributed by atoms with Crippen molar-refractivity contribution in [1.29, 1.82) is 0 Å². The maximum Gasteiger partial charge on any atom is 0.287 e. The van der Waals surface area contributed by atoms with Crippen LogP contribution in [0.4, 0.5) is 0 Å². The molecule has 1 heterocycles. The van der Waals surface area contributed by atoms with Gasteiger partial charge in [-0.05, 0) is 42.5 Å². The standard InChI is InChI=1S/C21H21NO4S/c1-24-17-7-9-18(10-8-17)25-14-12-22-21(23)20-16(11-13-26-20)15-27-19-5-3-2-4-6-19/h2-11,13H,12,14-15H2,1H3,(H,22,23). The summed E-state index contributed by atoms with van der Waals surface area (Å²) >= 11 is 1.66. The predicted molar refractivity (Wildman–Crippen MR) is 106 cm³/mol. The zero-order valence-corrected chi connectivity index (χ0v) is 15.8. The van der Waals surface area contributed by atoms with E-state index in [-0.39, 0.29) is 5.91 Å². The maximum atomic E-state index is 12.3. The summed E-state index contributed by atoms with van der Waals surface area (Å²) in [4.78, 5) is 13.5. The van der Waals surface area contributed by atoms with Gasteiger partial charge in [-0.2, -0.15) is 0 Å². The van der Waals surface area contributed by atoms with E-state index in [4.69, 9.17) is 13.9 Å². The average molecular weight is 383 g/mol. The molecule has 5 nitrogen and oxygen atoms in total. The number of rotatable bonds is 9. The number of hydrogen-bond acceptors (Lipinski definition) is 5. The second-order valence-electron chi connectivity index (χ2n) is 5.66. The summed E-state index contributed by atoms with van der Waals surface area (Å²) in [6.45, 7) is 0.754. The Morgan fingerprint density at radius 2 is 1.78 bits per heavy atom. The first-order valence-electron chi connectivity index (χ1n) is 8.55. The van der Waals surface area contributed by atoms with Crippen molar-refractivity contribution in [2.75, 3.05) is 20.3 Å². The number of hydrogen-bond donors (Lipinski definition) is 1. The summed E-state index contributed by atoms with van der Waals surface area (Å²) < 4.78 is 16.1. The van der Waals surface area contributed by atoms with Crippen molar-refractivity contribution in [1.82, 2.24) is 5.32 Å². The van der Waals surface area contributed by atoms with Gasteiger partial charge < -0.3 is 19.2 Å². The maximum absolute atomic E-state index is 12.3. The fraction of sp³-hybridized carbons (Fsp3) is 0.190. The summed E-state index contributed by atoms with van der Waals surface area (Å²) in [5.74, 6) is 2.29. The van der Waals surface area contributed by atoms with Crippen molar-refractivity contribution in [2.45, 2.75) is 10.6 Å². The molecule has 6 heteroatoms. The van der Waals surface area contributed by atoms with Crippen LogP contribution >= 0.6 is 11.8 Å². The lowest BCUT2D eigenvalue weighted by atomic mass is 10.2. The Bertz CT molecular complexity index is 846. The zero-order chi connectivity index (χ0) is 18.9. The van der Waals surface area contributed by atoms with E-state index in [0.717, 1.165) is 22.0 Å². The Labute approximate surface area is 162 Å². The van der Waals surface area contributed by atoms with E-state index in [1.165, 1.54) is 0 Å². The molecule has 1 amide bonds. The largest absolute Gasteiger partial charge is 0.497 e. The number of nitrogens with one attached hydrogen (secondary N) is 1. The highest BCUT2D eigenvalue weighted by molar-refractivity contribution is 7.98. The Kier molecular flexibility index (Phi) is 6.82. The molecule has 0 bridgehead atoms. The lowest BCUT2D eigenvalue weighted by Gasteiger charge is -2.08. The van der Waals surface area contributed by atoms with Crippen LogP contribution in [-0.4, -0.2) is 26.2 Å². The van der Waals surface area contributed by atoms with Gasteiger partial charge in [-0.1, -0.05) is 18.2 Å². The van der Waals surface area contributed by atoms with Crippen LogP contribution in [0.15, 0.2) is 76.2 Å². The molecule has 0 saturated carbocycles. The lowest BCUT2D eigenvalue weighted by molar-refractivity contribution is 0.0918. The first-order valence-corrected chi connectivity index (χ1v) is 9.54. The minimum Gasteiger partial charge on any atom is -0.497 e. The summed E-state index contributed by atoms with van der Waals surface area (Å²) in [7, 11) is 1.62. The topological polar surface area (TPSA) is 60.7 Å². The molecule has 0 aliphatic heterocycles. The van der Waals surface area contributed by atoms with Crippen LogP contribution in [0.5, 0.6) is 11.5 Å². The quantitative estimate of drug-likeness (QED) is 0.439. The van der Waals surface area contributed by atoms with E-state index in [2.05, 4.69) is 5.32 Å². The Morgan fingerprint density at radius 3 is 2.52 bits per heavy atom. The third kappa shape index (κ3) is 5.56. The summed E-state index contributed by atoms with van der Waals surface area (Å²) in [6.07, 6.45) is 1.55. The molecular weight excluding hydrogens is 362 g/mol. The molecule has 140 valence electrons. The smallest absolute Gasteiger partial charge is 0.287 e. The van der Waals surface area contributed by atoms with Gasteiger partial charge >= 0.3 is 0 Å². The highest BCUT2D eigenvalue weighted by Crippen LogP contribution is 2.24. The first kappa shape index (κ1) is 18.9. The number of thioether (sulfide) groups is 1. The van der Waals surface area contributed by atoms with Crippen molar-refractivity contribution < 1.29 is 18.7 Å². The minimum atomic E-state index is -0.234. The number of furan rings is 1. The van der Waals surface area contributed by atoms with E-state index in [1.807, 2.05) is 60.7 Å². The number of carbonyl (C=O) groups excluding carboxylic acids is 1. The Morgan fingerprint density at radius 1 is 1.04 bits per heavy atom. The van der Waals surface area contributed by atoms with Gasteiger partial charge in [0.25, 0.3) is 5.91 Å². The van der Waals surface area contributed by atoms with Gasteiger partial charge in [-0.25, -0.2) is 0 Å². The van der Waals surface area contributed by atoms with Crippen LogP contribution in [0.2, 0.25) is 0 Å². The van der Waals surface area contributed by atoms with Gasteiger partial charge in [0.05, 0.1) is 19.9 Å². The minimum absolute atomic E-state index is 0.234. The van der Waals surface area contributed by atoms with Gasteiger partial charge in [0.1, 0.15) is 18.1 Å². The van der Waals surface area contributed by atoms with Crippen LogP contribution in [0, 0.1) is 0 Å². The van der Waals surface area contributed by atoms with Gasteiger partial charge in [-0.15, -0.1) is 11.8 Å². The molecule has 0 atom stereocenters. The number of methoxy groups -OCH3 is 1. The number of ether oxygens (including phenoxy) is 2. The SMILES string of the molecule is COc1ccc(OCCNC(=O)c2occc2CSc2ccccc2)cc1. The third-order valence-electron chi connectivity index (χ3n) is 3.81. The van der Waals surface area contributed by atoms with Crippen molar-refractivity contribution >= 4 is 17.7 Å². The molecule has 0 radical (unpaired) electrons. The molecule has 0 fully saturated rings. The van der Waals surface area contributed by atoms with Crippen molar-refractivity contribution in [3.05, 3.63) is 78.3 Å². The van der Waals surface area contributed by atoms with Gasteiger partial charge in [0.2, 0.25) is 0 Å². The summed E-state index contributed by atoms with van der Waals surface area (Å²) in [5.41, 5.74) is 0.873. The fourth-order valence-corrected chi connectivity index (χ4v) is 3.31. The van der Waals surface area contributed by atoms with Crippen LogP contribution in [-0.2, 0) is 5.75 Å². The van der Waals surface area contributed by atoms with Crippen LogP contribution in [0.25, 0.3) is 0 Å². The van der Waals surface area contributed by atoms with Crippen LogP contribution in [0.3, 0.4) is 0 Å². The van der Waals surface area contributed by atoms with E-state index < -0.39 is 0 Å². The predicted octanol–water partition coefficient (Wildman–Crippen LogP) is 4.39. The van der Waals surface area contributed by atoms with E-state index >= 15 is 0 Å². The van der Waals surface area contributed by atoms with Gasteiger partial charge in [0, 0.05) is 16.2 Å². The number of amides is 1. The second kappa shape index (κ2) is 9.73. The Hall–Kier alpha value is -2.86. The highest BCUT2D eigenvalue weighted by Gasteiger charge is 2.15. The fourth-order valence-electron chi connectivity index (χ4n) is 2.41. The van der Waals surface area contributed by atoms with E-state index in [0.29, 0.717) is 24.7 Å². The molecular formula is C21H21NO4S. The average Bonchev–Trinajstić information content (AvgIpc) is 3.19. The van der Waals surface area contributed by atoms with Crippen molar-refractivity contribution in [3.8, 4) is 11.5 Å². The molecule has 3 rings (SSSR count). The molecule has 0 unspecified atom stereocenters. The highest BCUT2D eigenvalue weighted by atomic mass is 32.2. The van der Waals surface area contributed by atoms with Crippen molar-refractivity contribution in [3.63, 3.8) is 0 Å². The number of benzene rings is 2. The lowest BCUT2D eigenvalue weighted by Crippen LogP contribution is -2.28. The molecule has 0 aliphatic carbocycles. The van der Waals surface area contributed by atoms with Crippen molar-refractivity contribution in [2.24, 2.45) is 0 Å². The second-order valence-corrected chi connectivity index (χ2v) is 6.71. The van der Waals surface area contributed by atoms with Gasteiger partial charge in [-0.3, -0.25) is 4.79 Å². The third-order valence-corrected chi connectivity index (χ3v) is 4.87. The van der Waals surface area contributed by atoms with Gasteiger partial charge in [0.15, 0.2) is 5.76 Å². The molecule has 1 aromatic heterocycles. The molecule has 27 heavy (non-hydrogen) atoms. The van der Waals surface area contributed by atoms with Crippen LogP contribution < -0.4 is 14.8 Å². The normalized spacial score (nSPS) is 10.4. The van der Waals surface area contributed by atoms with E-state index in [1.54, 1.807) is 25.1 Å². The number of carbonyl (C=O) groups is 1. The molecule has 0 aliphatic rings. The van der Waals surface area contributed by atoms with E-state index in [9.17, 15) is 4.79 Å². The summed E-state index contributed by atoms with van der Waals surface area (Å²) in [6, 6.07) is 19.2. The first-order chi connectivity index (χ1) is 13.3. The monoisotopic (exact) mass is 383 g/mol. The molecule has 2 aromatic carbocycles.